The van der Waals surface area contributed by atoms with Gasteiger partial charge in [0, 0.05) is 0 Å². The second-order valence-electron chi connectivity index (χ2n) is 4.29. The Balaban J connectivity index is 2.34. The number of pyridine rings is 1. The van der Waals surface area contributed by atoms with Gasteiger partial charge in [0.25, 0.3) is 5.91 Å². The minimum Gasteiger partial charge on any atom is -0.397 e. The third kappa shape index (κ3) is 2.85. The standard InChI is InChI=1S/C14H14ClN3O/c1-8-4-3-5-12(15)13(8)18-14(19)11-6-10(16)7-17-9(11)2/h3-7H,16H2,1-2H3,(H,18,19). The van der Waals surface area contributed by atoms with Gasteiger partial charge in [-0.05, 0) is 31.5 Å². The Hall–Kier alpha value is -2.07. The number of carbonyl (C=O) groups is 1. The number of hydrogen-bond donors (Lipinski definition) is 2. The van der Waals surface area contributed by atoms with Crippen molar-refractivity contribution in [3.8, 4) is 0 Å². The maximum absolute atomic E-state index is 12.2. The first kappa shape index (κ1) is 13.4. The van der Waals surface area contributed by atoms with Crippen LogP contribution in [0.2, 0.25) is 5.02 Å². The van der Waals surface area contributed by atoms with Gasteiger partial charge in [0.05, 0.1) is 33.9 Å². The molecule has 1 amide bonds. The van der Waals surface area contributed by atoms with Gasteiger partial charge in [0.1, 0.15) is 0 Å². The Bertz CT molecular complexity index is 620. The molecule has 4 nitrogen and oxygen atoms in total. The molecule has 0 unspecified atom stereocenters. The van der Waals surface area contributed by atoms with Gasteiger partial charge >= 0.3 is 0 Å². The van der Waals surface area contributed by atoms with Crippen molar-refractivity contribution in [3.63, 3.8) is 0 Å². The number of rotatable bonds is 2. The molecule has 2 aromatic rings. The molecule has 0 bridgehead atoms. The van der Waals surface area contributed by atoms with E-state index in [9.17, 15) is 4.79 Å². The normalized spacial score (nSPS) is 10.3. The van der Waals surface area contributed by atoms with Crippen LogP contribution in [-0.2, 0) is 0 Å². The second-order valence-corrected chi connectivity index (χ2v) is 4.69. The number of para-hydroxylation sites is 1. The summed E-state index contributed by atoms with van der Waals surface area (Å²) in [5.41, 5.74) is 8.67. The third-order valence-electron chi connectivity index (χ3n) is 2.81. The number of anilines is 2. The summed E-state index contributed by atoms with van der Waals surface area (Å²) < 4.78 is 0. The van der Waals surface area contributed by atoms with E-state index >= 15 is 0 Å². The fourth-order valence-corrected chi connectivity index (χ4v) is 2.02. The summed E-state index contributed by atoms with van der Waals surface area (Å²) in [6.45, 7) is 3.64. The van der Waals surface area contributed by atoms with Crippen LogP contribution in [0.3, 0.4) is 0 Å². The van der Waals surface area contributed by atoms with Crippen molar-refractivity contribution in [2.75, 3.05) is 11.1 Å². The van der Waals surface area contributed by atoms with Gasteiger partial charge < -0.3 is 11.1 Å². The van der Waals surface area contributed by atoms with E-state index in [0.29, 0.717) is 27.7 Å². The van der Waals surface area contributed by atoms with Crippen molar-refractivity contribution in [1.29, 1.82) is 0 Å². The maximum Gasteiger partial charge on any atom is 0.257 e. The minimum absolute atomic E-state index is 0.270. The van der Waals surface area contributed by atoms with Crippen molar-refractivity contribution in [3.05, 3.63) is 52.3 Å². The lowest BCUT2D eigenvalue weighted by Crippen LogP contribution is -2.15. The molecule has 3 N–H and O–H groups in total. The van der Waals surface area contributed by atoms with Crippen LogP contribution < -0.4 is 11.1 Å². The quantitative estimate of drug-likeness (QED) is 0.884. The van der Waals surface area contributed by atoms with E-state index in [2.05, 4.69) is 10.3 Å². The number of aryl methyl sites for hydroxylation is 2. The Morgan fingerprint density at radius 3 is 2.79 bits per heavy atom. The van der Waals surface area contributed by atoms with Crippen LogP contribution in [0, 0.1) is 13.8 Å². The van der Waals surface area contributed by atoms with E-state index in [1.165, 1.54) is 6.20 Å². The largest absolute Gasteiger partial charge is 0.397 e. The van der Waals surface area contributed by atoms with Gasteiger partial charge in [-0.25, -0.2) is 0 Å². The fourth-order valence-electron chi connectivity index (χ4n) is 1.75. The number of hydrogen-bond acceptors (Lipinski definition) is 3. The summed E-state index contributed by atoms with van der Waals surface area (Å²) in [5.74, 6) is -0.270. The molecule has 0 atom stereocenters. The summed E-state index contributed by atoms with van der Waals surface area (Å²) in [7, 11) is 0. The predicted molar refractivity (Wildman–Crippen MR) is 77.5 cm³/mol. The molecule has 1 heterocycles. The fraction of sp³-hybridized carbons (Fsp3) is 0.143. The zero-order valence-electron chi connectivity index (χ0n) is 10.7. The number of benzene rings is 1. The molecule has 2 rings (SSSR count). The van der Waals surface area contributed by atoms with Crippen molar-refractivity contribution in [1.82, 2.24) is 4.98 Å². The lowest BCUT2D eigenvalue weighted by Gasteiger charge is -2.11. The SMILES string of the molecule is Cc1cccc(Cl)c1NC(=O)c1cc(N)cnc1C. The van der Waals surface area contributed by atoms with E-state index in [4.69, 9.17) is 17.3 Å². The topological polar surface area (TPSA) is 68.0 Å². The van der Waals surface area contributed by atoms with Crippen molar-refractivity contribution in [2.24, 2.45) is 0 Å². The molecule has 98 valence electrons. The van der Waals surface area contributed by atoms with Crippen LogP contribution in [0.25, 0.3) is 0 Å². The van der Waals surface area contributed by atoms with E-state index in [0.717, 1.165) is 5.56 Å². The molecule has 0 saturated carbocycles. The number of halogens is 1. The molecule has 5 heteroatoms. The number of nitrogen functional groups attached to an aromatic ring is 1. The number of nitrogens with one attached hydrogen (secondary N) is 1. The molecule has 0 saturated heterocycles. The van der Waals surface area contributed by atoms with Gasteiger partial charge in [0.15, 0.2) is 0 Å². The molecule has 0 aliphatic rings. The summed E-state index contributed by atoms with van der Waals surface area (Å²) in [4.78, 5) is 16.3. The molecule has 0 fully saturated rings. The minimum atomic E-state index is -0.270. The number of aromatic nitrogens is 1. The molecular formula is C14H14ClN3O. The van der Waals surface area contributed by atoms with Gasteiger partial charge in [-0.2, -0.15) is 0 Å². The summed E-state index contributed by atoms with van der Waals surface area (Å²) in [5, 5.41) is 3.30. The first-order valence-electron chi connectivity index (χ1n) is 5.77. The van der Waals surface area contributed by atoms with Crippen LogP contribution in [0.15, 0.2) is 30.5 Å². The Kier molecular flexibility index (Phi) is 3.71. The molecule has 19 heavy (non-hydrogen) atoms. The van der Waals surface area contributed by atoms with Gasteiger partial charge in [-0.15, -0.1) is 0 Å². The molecular weight excluding hydrogens is 262 g/mol. The third-order valence-corrected chi connectivity index (χ3v) is 3.13. The van der Waals surface area contributed by atoms with Gasteiger partial charge in [-0.3, -0.25) is 9.78 Å². The van der Waals surface area contributed by atoms with E-state index in [-0.39, 0.29) is 5.91 Å². The number of amides is 1. The van der Waals surface area contributed by atoms with Crippen LogP contribution in [-0.4, -0.2) is 10.9 Å². The van der Waals surface area contributed by atoms with Crippen molar-refractivity contribution < 1.29 is 4.79 Å². The van der Waals surface area contributed by atoms with Crippen LogP contribution >= 0.6 is 11.6 Å². The van der Waals surface area contributed by atoms with Crippen molar-refractivity contribution in [2.45, 2.75) is 13.8 Å². The average molecular weight is 276 g/mol. The summed E-state index contributed by atoms with van der Waals surface area (Å²) in [6.07, 6.45) is 1.52. The first-order chi connectivity index (χ1) is 8.99. The van der Waals surface area contributed by atoms with E-state index in [1.54, 1.807) is 19.1 Å². The maximum atomic E-state index is 12.2. The highest BCUT2D eigenvalue weighted by Crippen LogP contribution is 2.26. The second kappa shape index (κ2) is 5.28. The lowest BCUT2D eigenvalue weighted by molar-refractivity contribution is 0.102. The molecule has 0 aliphatic carbocycles. The van der Waals surface area contributed by atoms with E-state index < -0.39 is 0 Å². The summed E-state index contributed by atoms with van der Waals surface area (Å²) >= 11 is 6.08. The average Bonchev–Trinajstić information content (AvgIpc) is 2.37. The predicted octanol–water partition coefficient (Wildman–Crippen LogP) is 3.19. The molecule has 1 aromatic carbocycles. The highest BCUT2D eigenvalue weighted by atomic mass is 35.5. The van der Waals surface area contributed by atoms with Crippen LogP contribution in [0.4, 0.5) is 11.4 Å². The highest BCUT2D eigenvalue weighted by Gasteiger charge is 2.13. The Labute approximate surface area is 116 Å². The molecule has 0 aliphatic heterocycles. The van der Waals surface area contributed by atoms with Crippen LogP contribution in [0.5, 0.6) is 0 Å². The number of carbonyl (C=O) groups excluding carboxylic acids is 1. The van der Waals surface area contributed by atoms with Crippen molar-refractivity contribution >= 4 is 28.9 Å². The highest BCUT2D eigenvalue weighted by molar-refractivity contribution is 6.34. The van der Waals surface area contributed by atoms with Gasteiger partial charge in [-0.1, -0.05) is 23.7 Å². The first-order valence-corrected chi connectivity index (χ1v) is 6.15. The lowest BCUT2D eigenvalue weighted by atomic mass is 10.1. The number of nitrogens with zero attached hydrogens (tertiary/aromatic N) is 1. The van der Waals surface area contributed by atoms with Gasteiger partial charge in [0.2, 0.25) is 0 Å². The molecule has 1 aromatic heterocycles. The summed E-state index contributed by atoms with van der Waals surface area (Å²) in [6, 6.07) is 7.05. The zero-order chi connectivity index (χ0) is 14.0. The Morgan fingerprint density at radius 2 is 2.11 bits per heavy atom. The smallest absolute Gasteiger partial charge is 0.257 e. The van der Waals surface area contributed by atoms with E-state index in [1.807, 2.05) is 19.1 Å². The number of nitrogens with two attached hydrogens (primary N) is 1. The zero-order valence-corrected chi connectivity index (χ0v) is 11.5. The van der Waals surface area contributed by atoms with Crippen LogP contribution in [0.1, 0.15) is 21.6 Å². The monoisotopic (exact) mass is 275 g/mol. The Morgan fingerprint density at radius 1 is 1.37 bits per heavy atom. The molecule has 0 radical (unpaired) electrons. The molecule has 0 spiro atoms.